The Labute approximate surface area is 118 Å². The fraction of sp³-hybridized carbons (Fsp3) is 0.500. The molecular weight excluding hydrogens is 254 g/mol. The normalized spacial score (nSPS) is 19.1. The van der Waals surface area contributed by atoms with Crippen LogP contribution in [0.5, 0.6) is 5.75 Å². The second-order valence-corrected chi connectivity index (χ2v) is 5.53. The predicted octanol–water partition coefficient (Wildman–Crippen LogP) is 2.80. The fourth-order valence-electron chi connectivity index (χ4n) is 3.19. The standard InChI is InChI=1S/C16H19NO3/c1-20-12-6-7-14-13(10-12)15(18)8-9-17(14)16(19)11-4-2-3-5-11/h6-7,10-11H,2-5,8-9H2,1H3. The monoisotopic (exact) mass is 273 g/mol. The quantitative estimate of drug-likeness (QED) is 0.832. The molecule has 0 atom stereocenters. The first-order valence-corrected chi connectivity index (χ1v) is 7.23. The Bertz CT molecular complexity index is 547. The topological polar surface area (TPSA) is 46.6 Å². The lowest BCUT2D eigenvalue weighted by molar-refractivity contribution is -0.122. The number of Topliss-reactive ketones (excluding diaryl/α,β-unsaturated/α-hetero) is 1. The third-order valence-electron chi connectivity index (χ3n) is 4.33. The van der Waals surface area contributed by atoms with Crippen molar-refractivity contribution in [3.8, 4) is 5.75 Å². The summed E-state index contributed by atoms with van der Waals surface area (Å²) in [5, 5.41) is 0. The first-order chi connectivity index (χ1) is 9.70. The molecule has 1 aromatic rings. The number of nitrogens with zero attached hydrogens (tertiary/aromatic N) is 1. The highest BCUT2D eigenvalue weighted by Crippen LogP contribution is 2.34. The molecule has 1 aromatic carbocycles. The molecule has 0 spiro atoms. The first-order valence-electron chi connectivity index (χ1n) is 7.23. The van der Waals surface area contributed by atoms with Crippen molar-refractivity contribution in [2.24, 2.45) is 5.92 Å². The van der Waals surface area contributed by atoms with E-state index in [2.05, 4.69) is 0 Å². The average Bonchev–Trinajstić information content (AvgIpc) is 3.01. The molecule has 0 aromatic heterocycles. The van der Waals surface area contributed by atoms with E-state index in [4.69, 9.17) is 4.74 Å². The van der Waals surface area contributed by atoms with E-state index >= 15 is 0 Å². The summed E-state index contributed by atoms with van der Waals surface area (Å²) in [6, 6.07) is 5.39. The third-order valence-corrected chi connectivity index (χ3v) is 4.33. The SMILES string of the molecule is COc1ccc2c(c1)C(=O)CCN2C(=O)C1CCCC1. The zero-order valence-corrected chi connectivity index (χ0v) is 11.7. The van der Waals surface area contributed by atoms with E-state index < -0.39 is 0 Å². The van der Waals surface area contributed by atoms with Crippen molar-refractivity contribution in [1.29, 1.82) is 0 Å². The van der Waals surface area contributed by atoms with Crippen LogP contribution in [-0.4, -0.2) is 25.3 Å². The number of benzene rings is 1. The number of amides is 1. The van der Waals surface area contributed by atoms with Crippen LogP contribution in [0.2, 0.25) is 0 Å². The summed E-state index contributed by atoms with van der Waals surface area (Å²) in [7, 11) is 1.58. The van der Waals surface area contributed by atoms with Crippen LogP contribution in [-0.2, 0) is 4.79 Å². The van der Waals surface area contributed by atoms with E-state index in [1.165, 1.54) is 0 Å². The molecule has 1 fully saturated rings. The van der Waals surface area contributed by atoms with Gasteiger partial charge in [-0.05, 0) is 31.0 Å². The summed E-state index contributed by atoms with van der Waals surface area (Å²) in [5.41, 5.74) is 1.36. The Kier molecular flexibility index (Phi) is 3.47. The minimum absolute atomic E-state index is 0.0920. The highest BCUT2D eigenvalue weighted by Gasteiger charge is 2.32. The summed E-state index contributed by atoms with van der Waals surface area (Å²) in [4.78, 5) is 26.5. The largest absolute Gasteiger partial charge is 0.497 e. The minimum Gasteiger partial charge on any atom is -0.497 e. The third kappa shape index (κ3) is 2.19. The second-order valence-electron chi connectivity index (χ2n) is 5.53. The van der Waals surface area contributed by atoms with Gasteiger partial charge in [0.2, 0.25) is 5.91 Å². The van der Waals surface area contributed by atoms with Gasteiger partial charge in [-0.15, -0.1) is 0 Å². The molecule has 1 heterocycles. The van der Waals surface area contributed by atoms with E-state index in [0.29, 0.717) is 24.3 Å². The highest BCUT2D eigenvalue weighted by molar-refractivity contribution is 6.09. The van der Waals surface area contributed by atoms with Gasteiger partial charge in [-0.1, -0.05) is 12.8 Å². The number of hydrogen-bond donors (Lipinski definition) is 0. The zero-order chi connectivity index (χ0) is 14.1. The second kappa shape index (κ2) is 5.27. The van der Waals surface area contributed by atoms with E-state index in [0.717, 1.165) is 31.4 Å². The molecule has 1 amide bonds. The molecule has 0 radical (unpaired) electrons. The maximum absolute atomic E-state index is 12.6. The number of hydrogen-bond acceptors (Lipinski definition) is 3. The molecule has 0 N–H and O–H groups in total. The van der Waals surface area contributed by atoms with E-state index in [1.807, 2.05) is 12.1 Å². The van der Waals surface area contributed by atoms with Gasteiger partial charge in [0.25, 0.3) is 0 Å². The van der Waals surface area contributed by atoms with E-state index in [-0.39, 0.29) is 17.6 Å². The van der Waals surface area contributed by atoms with Crippen molar-refractivity contribution in [3.05, 3.63) is 23.8 Å². The number of anilines is 1. The molecular formula is C16H19NO3. The summed E-state index contributed by atoms with van der Waals surface area (Å²) in [6.07, 6.45) is 4.64. The van der Waals surface area contributed by atoms with Crippen LogP contribution < -0.4 is 9.64 Å². The van der Waals surface area contributed by atoms with Gasteiger partial charge >= 0.3 is 0 Å². The molecule has 4 heteroatoms. The molecule has 0 unspecified atom stereocenters. The predicted molar refractivity (Wildman–Crippen MR) is 76.3 cm³/mol. The summed E-state index contributed by atoms with van der Waals surface area (Å²) in [5.74, 6) is 1.07. The molecule has 1 saturated carbocycles. The van der Waals surface area contributed by atoms with Gasteiger partial charge in [0.1, 0.15) is 5.75 Å². The minimum atomic E-state index is 0.0920. The summed E-state index contributed by atoms with van der Waals surface area (Å²) < 4.78 is 5.17. The van der Waals surface area contributed by atoms with E-state index in [9.17, 15) is 9.59 Å². The van der Waals surface area contributed by atoms with Crippen molar-refractivity contribution in [3.63, 3.8) is 0 Å². The van der Waals surface area contributed by atoms with Crippen LogP contribution in [0.4, 0.5) is 5.69 Å². The lowest BCUT2D eigenvalue weighted by Crippen LogP contribution is -2.40. The van der Waals surface area contributed by atoms with Crippen LogP contribution in [0.1, 0.15) is 42.5 Å². The Morgan fingerprint density at radius 2 is 2.05 bits per heavy atom. The Morgan fingerprint density at radius 1 is 1.30 bits per heavy atom. The number of methoxy groups -OCH3 is 1. The molecule has 0 saturated heterocycles. The van der Waals surface area contributed by atoms with Gasteiger partial charge < -0.3 is 9.64 Å². The maximum atomic E-state index is 12.6. The number of rotatable bonds is 2. The molecule has 1 aliphatic carbocycles. The molecule has 20 heavy (non-hydrogen) atoms. The van der Waals surface area contributed by atoms with Crippen LogP contribution in [0.25, 0.3) is 0 Å². The summed E-state index contributed by atoms with van der Waals surface area (Å²) >= 11 is 0. The average molecular weight is 273 g/mol. The van der Waals surface area contributed by atoms with Crippen molar-refractivity contribution < 1.29 is 14.3 Å². The molecule has 106 valence electrons. The van der Waals surface area contributed by atoms with Crippen molar-refractivity contribution >= 4 is 17.4 Å². The zero-order valence-electron chi connectivity index (χ0n) is 11.7. The number of ketones is 1. The highest BCUT2D eigenvalue weighted by atomic mass is 16.5. The first kappa shape index (κ1) is 13.2. The lowest BCUT2D eigenvalue weighted by atomic mass is 9.97. The van der Waals surface area contributed by atoms with Crippen molar-refractivity contribution in [2.45, 2.75) is 32.1 Å². The van der Waals surface area contributed by atoms with Crippen LogP contribution >= 0.6 is 0 Å². The van der Waals surface area contributed by atoms with Gasteiger partial charge in [-0.25, -0.2) is 0 Å². The number of ether oxygens (including phenoxy) is 1. The smallest absolute Gasteiger partial charge is 0.230 e. The van der Waals surface area contributed by atoms with Gasteiger partial charge in [-0.3, -0.25) is 9.59 Å². The van der Waals surface area contributed by atoms with Crippen molar-refractivity contribution in [1.82, 2.24) is 0 Å². The van der Waals surface area contributed by atoms with Crippen LogP contribution in [0.15, 0.2) is 18.2 Å². The van der Waals surface area contributed by atoms with Gasteiger partial charge in [0, 0.05) is 24.4 Å². The van der Waals surface area contributed by atoms with Gasteiger partial charge in [0.15, 0.2) is 5.78 Å². The molecule has 1 aliphatic heterocycles. The van der Waals surface area contributed by atoms with Gasteiger partial charge in [0.05, 0.1) is 12.8 Å². The van der Waals surface area contributed by atoms with Gasteiger partial charge in [-0.2, -0.15) is 0 Å². The lowest BCUT2D eigenvalue weighted by Gasteiger charge is -2.31. The van der Waals surface area contributed by atoms with E-state index in [1.54, 1.807) is 18.1 Å². The number of carbonyl (C=O) groups excluding carboxylic acids is 2. The molecule has 0 bridgehead atoms. The Balaban J connectivity index is 1.93. The number of fused-ring (bicyclic) bond motifs is 1. The van der Waals surface area contributed by atoms with Crippen molar-refractivity contribution in [2.75, 3.05) is 18.6 Å². The fourth-order valence-corrected chi connectivity index (χ4v) is 3.19. The molecule has 3 rings (SSSR count). The summed E-state index contributed by atoms with van der Waals surface area (Å²) in [6.45, 7) is 0.507. The van der Waals surface area contributed by atoms with Crippen LogP contribution in [0, 0.1) is 5.92 Å². The molecule has 4 nitrogen and oxygen atoms in total. The van der Waals surface area contributed by atoms with Crippen LogP contribution in [0.3, 0.4) is 0 Å². The Hall–Kier alpha value is -1.84. The maximum Gasteiger partial charge on any atom is 0.230 e. The molecule has 2 aliphatic rings. The Morgan fingerprint density at radius 3 is 2.75 bits per heavy atom. The number of carbonyl (C=O) groups is 2.